The van der Waals surface area contributed by atoms with E-state index in [1.807, 2.05) is 11.8 Å². The summed E-state index contributed by atoms with van der Waals surface area (Å²) < 4.78 is 0. The summed E-state index contributed by atoms with van der Waals surface area (Å²) in [7, 11) is 0. The Morgan fingerprint density at radius 1 is 1.15 bits per heavy atom. The van der Waals surface area contributed by atoms with Gasteiger partial charge < -0.3 is 4.90 Å². The van der Waals surface area contributed by atoms with Crippen molar-refractivity contribution in [2.24, 2.45) is 0 Å². The molecule has 3 heterocycles. The molecule has 1 saturated heterocycles. The van der Waals surface area contributed by atoms with Gasteiger partial charge in [0.25, 0.3) is 0 Å². The number of aromatic nitrogens is 2. The fourth-order valence-corrected chi connectivity index (χ4v) is 4.13. The van der Waals surface area contributed by atoms with Crippen LogP contribution >= 0.6 is 11.8 Å². The van der Waals surface area contributed by atoms with Crippen LogP contribution in [0.1, 0.15) is 44.2 Å². The summed E-state index contributed by atoms with van der Waals surface area (Å²) in [6.45, 7) is 13.5. The molecule has 20 heavy (non-hydrogen) atoms. The van der Waals surface area contributed by atoms with Gasteiger partial charge in [0.15, 0.2) is 0 Å². The van der Waals surface area contributed by atoms with Crippen LogP contribution in [0, 0.1) is 0 Å². The van der Waals surface area contributed by atoms with Crippen LogP contribution in [0.5, 0.6) is 0 Å². The summed E-state index contributed by atoms with van der Waals surface area (Å²) in [4.78, 5) is 14.1. The molecule has 0 bridgehead atoms. The number of hydrogen-bond acceptors (Lipinski definition) is 5. The molecule has 2 aliphatic rings. The highest BCUT2D eigenvalue weighted by molar-refractivity contribution is 7.99. The average molecular weight is 292 g/mol. The zero-order valence-electron chi connectivity index (χ0n) is 12.9. The van der Waals surface area contributed by atoms with Gasteiger partial charge in [0, 0.05) is 48.3 Å². The molecule has 0 N–H and O–H groups in total. The SMILES string of the molecule is C[C@@H]1SCc2ncnc(N3CCN(C(C)(C)C)CC3)c21. The maximum absolute atomic E-state index is 4.59. The fourth-order valence-electron chi connectivity index (χ4n) is 3.08. The van der Waals surface area contributed by atoms with E-state index in [2.05, 4.69) is 47.5 Å². The van der Waals surface area contributed by atoms with Gasteiger partial charge in [-0.1, -0.05) is 0 Å². The van der Waals surface area contributed by atoms with E-state index in [1.165, 1.54) is 17.1 Å². The Balaban J connectivity index is 1.78. The number of thioether (sulfide) groups is 1. The Morgan fingerprint density at radius 2 is 1.85 bits per heavy atom. The van der Waals surface area contributed by atoms with E-state index in [0.29, 0.717) is 5.25 Å². The van der Waals surface area contributed by atoms with Crippen molar-refractivity contribution in [3.8, 4) is 0 Å². The summed E-state index contributed by atoms with van der Waals surface area (Å²) in [5.41, 5.74) is 2.88. The second-order valence-electron chi connectivity index (χ2n) is 6.66. The predicted octanol–water partition coefficient (Wildman–Crippen LogP) is 2.70. The standard InChI is InChI=1S/C15H24N4S/c1-11-13-12(9-20-11)16-10-17-14(13)18-5-7-19(8-6-18)15(2,3)4/h10-11H,5-9H2,1-4H3/t11-/m0/s1. The molecule has 1 aromatic rings. The second kappa shape index (κ2) is 5.19. The molecule has 3 rings (SSSR count). The average Bonchev–Trinajstić information content (AvgIpc) is 2.80. The molecule has 1 atom stereocenters. The van der Waals surface area contributed by atoms with Gasteiger partial charge in [0.2, 0.25) is 0 Å². The zero-order chi connectivity index (χ0) is 14.3. The van der Waals surface area contributed by atoms with Crippen molar-refractivity contribution in [2.75, 3.05) is 31.1 Å². The molecular formula is C15H24N4S. The molecule has 0 radical (unpaired) electrons. The Bertz CT molecular complexity index is 489. The Kier molecular flexibility index (Phi) is 3.67. The monoisotopic (exact) mass is 292 g/mol. The zero-order valence-corrected chi connectivity index (χ0v) is 13.7. The minimum absolute atomic E-state index is 0.267. The summed E-state index contributed by atoms with van der Waals surface area (Å²) in [6, 6.07) is 0. The molecule has 0 saturated carbocycles. The predicted molar refractivity (Wildman–Crippen MR) is 85.3 cm³/mol. The van der Waals surface area contributed by atoms with E-state index < -0.39 is 0 Å². The van der Waals surface area contributed by atoms with Gasteiger partial charge in [-0.3, -0.25) is 4.90 Å². The van der Waals surface area contributed by atoms with Crippen LogP contribution in [0.15, 0.2) is 6.33 Å². The van der Waals surface area contributed by atoms with Crippen LogP contribution in [0.3, 0.4) is 0 Å². The topological polar surface area (TPSA) is 32.3 Å². The van der Waals surface area contributed by atoms with E-state index in [-0.39, 0.29) is 5.54 Å². The molecule has 110 valence electrons. The first-order chi connectivity index (χ1) is 9.47. The molecule has 0 unspecified atom stereocenters. The minimum Gasteiger partial charge on any atom is -0.354 e. The van der Waals surface area contributed by atoms with Crippen molar-refractivity contribution in [3.63, 3.8) is 0 Å². The largest absolute Gasteiger partial charge is 0.354 e. The Labute approximate surface area is 126 Å². The summed E-state index contributed by atoms with van der Waals surface area (Å²) in [5, 5.41) is 0.529. The first-order valence-corrected chi connectivity index (χ1v) is 8.47. The fraction of sp³-hybridized carbons (Fsp3) is 0.733. The van der Waals surface area contributed by atoms with Crippen molar-refractivity contribution in [1.29, 1.82) is 0 Å². The van der Waals surface area contributed by atoms with Gasteiger partial charge in [-0.25, -0.2) is 9.97 Å². The molecular weight excluding hydrogens is 268 g/mol. The molecule has 0 amide bonds. The smallest absolute Gasteiger partial charge is 0.136 e. The van der Waals surface area contributed by atoms with Crippen molar-refractivity contribution in [1.82, 2.24) is 14.9 Å². The Hall–Kier alpha value is -0.810. The highest BCUT2D eigenvalue weighted by Gasteiger charge is 2.31. The molecule has 0 aliphatic carbocycles. The highest BCUT2D eigenvalue weighted by atomic mass is 32.2. The number of nitrogens with zero attached hydrogens (tertiary/aromatic N) is 4. The van der Waals surface area contributed by atoms with Crippen molar-refractivity contribution >= 4 is 17.6 Å². The number of fused-ring (bicyclic) bond motifs is 1. The summed E-state index contributed by atoms with van der Waals surface area (Å²) in [6.07, 6.45) is 1.74. The molecule has 1 fully saturated rings. The number of hydrogen-bond donors (Lipinski definition) is 0. The van der Waals surface area contributed by atoms with E-state index in [9.17, 15) is 0 Å². The summed E-state index contributed by atoms with van der Waals surface area (Å²) in [5.74, 6) is 2.22. The lowest BCUT2D eigenvalue weighted by atomic mass is 10.0. The van der Waals surface area contributed by atoms with Crippen LogP contribution in [0.2, 0.25) is 0 Å². The van der Waals surface area contributed by atoms with E-state index in [0.717, 1.165) is 31.9 Å². The van der Waals surface area contributed by atoms with Crippen molar-refractivity contribution in [2.45, 2.75) is 44.2 Å². The van der Waals surface area contributed by atoms with Crippen LogP contribution in [-0.2, 0) is 5.75 Å². The number of piperazine rings is 1. The Morgan fingerprint density at radius 3 is 2.50 bits per heavy atom. The highest BCUT2D eigenvalue weighted by Crippen LogP contribution is 2.44. The molecule has 1 aromatic heterocycles. The lowest BCUT2D eigenvalue weighted by molar-refractivity contribution is 0.128. The third kappa shape index (κ3) is 2.53. The van der Waals surface area contributed by atoms with Crippen LogP contribution < -0.4 is 4.90 Å². The van der Waals surface area contributed by atoms with Gasteiger partial charge in [-0.05, 0) is 27.7 Å². The lowest BCUT2D eigenvalue weighted by Gasteiger charge is -2.43. The number of anilines is 1. The van der Waals surface area contributed by atoms with Gasteiger partial charge in [-0.15, -0.1) is 11.8 Å². The molecule has 2 aliphatic heterocycles. The summed E-state index contributed by atoms with van der Waals surface area (Å²) >= 11 is 1.97. The van der Waals surface area contributed by atoms with Crippen LogP contribution in [0.4, 0.5) is 5.82 Å². The number of rotatable bonds is 1. The van der Waals surface area contributed by atoms with Crippen LogP contribution in [-0.4, -0.2) is 46.6 Å². The van der Waals surface area contributed by atoms with E-state index >= 15 is 0 Å². The van der Waals surface area contributed by atoms with Crippen molar-refractivity contribution in [3.05, 3.63) is 17.6 Å². The molecule has 0 aromatic carbocycles. The minimum atomic E-state index is 0.267. The third-order valence-corrected chi connectivity index (χ3v) is 5.53. The lowest BCUT2D eigenvalue weighted by Crippen LogP contribution is -2.53. The maximum Gasteiger partial charge on any atom is 0.136 e. The second-order valence-corrected chi connectivity index (χ2v) is 7.98. The normalized spacial score (nSPS) is 24.0. The van der Waals surface area contributed by atoms with Gasteiger partial charge in [0.05, 0.1) is 5.69 Å². The van der Waals surface area contributed by atoms with Crippen molar-refractivity contribution < 1.29 is 0 Å². The molecule has 4 nitrogen and oxygen atoms in total. The maximum atomic E-state index is 4.59. The quantitative estimate of drug-likeness (QED) is 0.794. The van der Waals surface area contributed by atoms with E-state index in [4.69, 9.17) is 0 Å². The molecule has 0 spiro atoms. The first kappa shape index (κ1) is 14.1. The first-order valence-electron chi connectivity index (χ1n) is 7.42. The van der Waals surface area contributed by atoms with Gasteiger partial charge in [0.1, 0.15) is 12.1 Å². The molecule has 5 heteroatoms. The van der Waals surface area contributed by atoms with Crippen LogP contribution in [0.25, 0.3) is 0 Å². The third-order valence-electron chi connectivity index (χ3n) is 4.35. The van der Waals surface area contributed by atoms with Gasteiger partial charge in [-0.2, -0.15) is 0 Å². The van der Waals surface area contributed by atoms with Gasteiger partial charge >= 0.3 is 0 Å². The van der Waals surface area contributed by atoms with E-state index in [1.54, 1.807) is 6.33 Å².